The number of amides is 1. The van der Waals surface area contributed by atoms with E-state index in [-0.39, 0.29) is 11.8 Å². The number of ether oxygens (including phenoxy) is 2. The Kier molecular flexibility index (Phi) is 4.11. The zero-order valence-electron chi connectivity index (χ0n) is 16.7. The topological polar surface area (TPSA) is 38.8 Å². The minimum atomic E-state index is -0.415. The number of hydrogen-bond donors (Lipinski definition) is 0. The molecule has 3 heterocycles. The van der Waals surface area contributed by atoms with E-state index in [4.69, 9.17) is 9.47 Å². The van der Waals surface area contributed by atoms with Crippen molar-refractivity contribution < 1.29 is 14.3 Å². The highest BCUT2D eigenvalue weighted by Gasteiger charge is 2.55. The van der Waals surface area contributed by atoms with E-state index in [1.54, 1.807) is 0 Å². The number of nitrogens with zero attached hydrogens (tertiary/aromatic N) is 1. The molecule has 28 heavy (non-hydrogen) atoms. The van der Waals surface area contributed by atoms with Gasteiger partial charge in [-0.25, -0.2) is 0 Å². The highest BCUT2D eigenvalue weighted by Crippen LogP contribution is 2.55. The monoisotopic (exact) mass is 377 g/mol. The van der Waals surface area contributed by atoms with Crippen molar-refractivity contribution in [1.29, 1.82) is 0 Å². The lowest BCUT2D eigenvalue weighted by atomic mass is 9.64. The SMILES string of the molecule is CCCCCN1C(=O)C(C)C2(COc3cc4c(cc32)CCO4)c2ccccc21. The van der Waals surface area contributed by atoms with Gasteiger partial charge < -0.3 is 14.4 Å². The van der Waals surface area contributed by atoms with E-state index in [2.05, 4.69) is 38.1 Å². The molecule has 0 fully saturated rings. The molecule has 4 nitrogen and oxygen atoms in total. The molecular weight excluding hydrogens is 350 g/mol. The largest absolute Gasteiger partial charge is 0.493 e. The van der Waals surface area contributed by atoms with Gasteiger partial charge in [-0.15, -0.1) is 0 Å². The molecule has 3 aliphatic rings. The van der Waals surface area contributed by atoms with Crippen molar-refractivity contribution in [2.24, 2.45) is 5.92 Å². The van der Waals surface area contributed by atoms with Gasteiger partial charge in [0.15, 0.2) is 0 Å². The Balaban J connectivity index is 1.65. The van der Waals surface area contributed by atoms with Crippen molar-refractivity contribution in [3.63, 3.8) is 0 Å². The second-order valence-corrected chi connectivity index (χ2v) is 8.25. The van der Waals surface area contributed by atoms with Crippen LogP contribution in [-0.2, 0) is 16.6 Å². The van der Waals surface area contributed by atoms with Crippen LogP contribution >= 0.6 is 0 Å². The summed E-state index contributed by atoms with van der Waals surface area (Å²) in [6.07, 6.45) is 4.25. The standard InChI is InChI=1S/C24H27NO3/c1-3-4-7-11-25-20-9-6-5-8-18(20)24(16(2)23(25)26)15-28-22-14-21-17(10-12-27-21)13-19(22)24/h5-6,8-9,13-14,16H,3-4,7,10-12,15H2,1-2H3. The Morgan fingerprint density at radius 2 is 1.96 bits per heavy atom. The normalized spacial score (nSPS) is 24.6. The van der Waals surface area contributed by atoms with Crippen LogP contribution in [0.25, 0.3) is 0 Å². The smallest absolute Gasteiger partial charge is 0.231 e. The van der Waals surface area contributed by atoms with Crippen LogP contribution in [0, 0.1) is 5.92 Å². The summed E-state index contributed by atoms with van der Waals surface area (Å²) in [6, 6.07) is 12.7. The van der Waals surface area contributed by atoms with E-state index >= 15 is 0 Å². The van der Waals surface area contributed by atoms with Gasteiger partial charge in [0.05, 0.1) is 17.9 Å². The van der Waals surface area contributed by atoms with E-state index in [0.29, 0.717) is 6.61 Å². The molecule has 4 heteroatoms. The molecule has 0 radical (unpaired) electrons. The Morgan fingerprint density at radius 1 is 1.11 bits per heavy atom. The molecule has 2 unspecified atom stereocenters. The average molecular weight is 377 g/mol. The minimum absolute atomic E-state index is 0.161. The molecule has 0 N–H and O–H groups in total. The summed E-state index contributed by atoms with van der Waals surface area (Å²) in [5, 5.41) is 0. The molecule has 0 saturated carbocycles. The van der Waals surface area contributed by atoms with E-state index in [1.807, 2.05) is 17.0 Å². The van der Waals surface area contributed by atoms with E-state index in [1.165, 1.54) is 11.1 Å². The lowest BCUT2D eigenvalue weighted by Crippen LogP contribution is -2.52. The van der Waals surface area contributed by atoms with Crippen LogP contribution in [0.3, 0.4) is 0 Å². The fourth-order valence-electron chi connectivity index (χ4n) is 5.16. The first-order valence-electron chi connectivity index (χ1n) is 10.5. The van der Waals surface area contributed by atoms with E-state index in [0.717, 1.165) is 61.6 Å². The van der Waals surface area contributed by atoms with Crippen molar-refractivity contribution >= 4 is 11.6 Å². The third kappa shape index (κ3) is 2.33. The summed E-state index contributed by atoms with van der Waals surface area (Å²) in [6.45, 7) is 6.29. The maximum Gasteiger partial charge on any atom is 0.231 e. The third-order valence-corrected chi connectivity index (χ3v) is 6.76. The summed E-state index contributed by atoms with van der Waals surface area (Å²) >= 11 is 0. The molecule has 2 aromatic carbocycles. The van der Waals surface area contributed by atoms with Crippen molar-refractivity contribution in [2.45, 2.75) is 44.9 Å². The van der Waals surface area contributed by atoms with Crippen LogP contribution in [0.1, 0.15) is 49.8 Å². The van der Waals surface area contributed by atoms with Gasteiger partial charge in [-0.1, -0.05) is 44.9 Å². The summed E-state index contributed by atoms with van der Waals surface area (Å²) in [7, 11) is 0. The zero-order valence-corrected chi connectivity index (χ0v) is 16.7. The van der Waals surface area contributed by atoms with Gasteiger partial charge in [-0.3, -0.25) is 4.79 Å². The molecule has 146 valence electrons. The van der Waals surface area contributed by atoms with Crippen LogP contribution in [-0.4, -0.2) is 25.7 Å². The maximum absolute atomic E-state index is 13.5. The molecule has 1 amide bonds. The highest BCUT2D eigenvalue weighted by atomic mass is 16.5. The van der Waals surface area contributed by atoms with Gasteiger partial charge in [0.25, 0.3) is 0 Å². The number of fused-ring (bicyclic) bond motifs is 5. The van der Waals surface area contributed by atoms with Crippen molar-refractivity contribution in [2.75, 3.05) is 24.7 Å². The number of anilines is 1. The lowest BCUT2D eigenvalue weighted by Gasteiger charge is -2.44. The maximum atomic E-state index is 13.5. The van der Waals surface area contributed by atoms with Crippen LogP contribution in [0.4, 0.5) is 5.69 Å². The summed E-state index contributed by atoms with van der Waals surface area (Å²) in [5.74, 6) is 1.85. The molecule has 0 saturated heterocycles. The third-order valence-electron chi connectivity index (χ3n) is 6.76. The van der Waals surface area contributed by atoms with Crippen molar-refractivity contribution in [3.05, 3.63) is 53.1 Å². The van der Waals surface area contributed by atoms with Crippen LogP contribution in [0.2, 0.25) is 0 Å². The summed E-state index contributed by atoms with van der Waals surface area (Å²) < 4.78 is 11.9. The van der Waals surface area contributed by atoms with Crippen LogP contribution in [0.15, 0.2) is 36.4 Å². The Labute approximate surface area is 166 Å². The van der Waals surface area contributed by atoms with Crippen LogP contribution < -0.4 is 14.4 Å². The number of unbranched alkanes of at least 4 members (excludes halogenated alkanes) is 2. The highest BCUT2D eigenvalue weighted by molar-refractivity contribution is 6.00. The van der Waals surface area contributed by atoms with Crippen molar-refractivity contribution in [3.8, 4) is 11.5 Å². The molecule has 0 aromatic heterocycles. The number of rotatable bonds is 4. The van der Waals surface area contributed by atoms with Crippen LogP contribution in [0.5, 0.6) is 11.5 Å². The summed E-state index contributed by atoms with van der Waals surface area (Å²) in [5.41, 5.74) is 4.23. The quantitative estimate of drug-likeness (QED) is 0.738. The number of benzene rings is 2. The van der Waals surface area contributed by atoms with Gasteiger partial charge >= 0.3 is 0 Å². The molecule has 0 bridgehead atoms. The number of hydrogen-bond acceptors (Lipinski definition) is 3. The lowest BCUT2D eigenvalue weighted by molar-refractivity contribution is -0.124. The first-order chi connectivity index (χ1) is 13.7. The fourth-order valence-corrected chi connectivity index (χ4v) is 5.16. The minimum Gasteiger partial charge on any atom is -0.493 e. The Morgan fingerprint density at radius 3 is 2.82 bits per heavy atom. The van der Waals surface area contributed by atoms with E-state index < -0.39 is 5.41 Å². The molecular formula is C24H27NO3. The van der Waals surface area contributed by atoms with Gasteiger partial charge in [-0.2, -0.15) is 0 Å². The van der Waals surface area contributed by atoms with E-state index in [9.17, 15) is 4.79 Å². The van der Waals surface area contributed by atoms with Gasteiger partial charge in [0.1, 0.15) is 18.1 Å². The molecule has 5 rings (SSSR count). The van der Waals surface area contributed by atoms with Gasteiger partial charge in [-0.05, 0) is 29.7 Å². The first kappa shape index (κ1) is 17.6. The number of carbonyl (C=O) groups excluding carboxylic acids is 1. The predicted molar refractivity (Wildman–Crippen MR) is 109 cm³/mol. The molecule has 1 spiro atoms. The van der Waals surface area contributed by atoms with Gasteiger partial charge in [0, 0.05) is 30.3 Å². The average Bonchev–Trinajstić information content (AvgIpc) is 3.32. The fraction of sp³-hybridized carbons (Fsp3) is 0.458. The molecule has 2 atom stereocenters. The number of carbonyl (C=O) groups is 1. The Hall–Kier alpha value is -2.49. The zero-order chi connectivity index (χ0) is 19.3. The number of para-hydroxylation sites is 1. The van der Waals surface area contributed by atoms with Gasteiger partial charge in [0.2, 0.25) is 5.91 Å². The second-order valence-electron chi connectivity index (χ2n) is 8.25. The predicted octanol–water partition coefficient (Wildman–Crippen LogP) is 4.47. The first-order valence-corrected chi connectivity index (χ1v) is 10.5. The van der Waals surface area contributed by atoms with Crippen molar-refractivity contribution in [1.82, 2.24) is 0 Å². The molecule has 3 aliphatic heterocycles. The molecule has 0 aliphatic carbocycles. The summed E-state index contributed by atoms with van der Waals surface area (Å²) in [4.78, 5) is 15.5. The Bertz CT molecular complexity index is 937. The molecule has 2 aromatic rings. The second kappa shape index (κ2) is 6.54.